The topological polar surface area (TPSA) is 49.4 Å². The summed E-state index contributed by atoms with van der Waals surface area (Å²) in [6, 6.07) is -0.700. The summed E-state index contributed by atoms with van der Waals surface area (Å²) in [5, 5.41) is 2.95. The summed E-state index contributed by atoms with van der Waals surface area (Å²) in [6.07, 6.45) is 3.74. The lowest BCUT2D eigenvalue weighted by atomic mass is 9.83. The standard InChI is InChI=1S/C17H32N2O2/c1-7-10-13-15(20)18-14(17(4,5)6)16(21)19(13)11-12(8-2)9-3/h12-14H,7-11H2,1-6H3,(H,18,20). The fraction of sp³-hybridized carbons (Fsp3) is 0.882. The van der Waals surface area contributed by atoms with Crippen molar-refractivity contribution >= 4 is 11.8 Å². The lowest BCUT2D eigenvalue weighted by Crippen LogP contribution is -2.67. The SMILES string of the molecule is CCCC1C(=O)NC(C(C)(C)C)C(=O)N1CC(CC)CC. The first kappa shape index (κ1) is 18.0. The molecule has 0 aromatic rings. The fourth-order valence-corrected chi connectivity index (χ4v) is 2.95. The van der Waals surface area contributed by atoms with Crippen LogP contribution in [0.1, 0.15) is 67.2 Å². The fourth-order valence-electron chi connectivity index (χ4n) is 2.95. The highest BCUT2D eigenvalue weighted by atomic mass is 16.2. The largest absolute Gasteiger partial charge is 0.342 e. The Kier molecular flexibility index (Phi) is 6.24. The number of carbonyl (C=O) groups excluding carboxylic acids is 2. The van der Waals surface area contributed by atoms with Crippen molar-refractivity contribution in [3.05, 3.63) is 0 Å². The molecule has 1 heterocycles. The van der Waals surface area contributed by atoms with Crippen LogP contribution in [0.2, 0.25) is 0 Å². The molecule has 0 aliphatic carbocycles. The van der Waals surface area contributed by atoms with E-state index in [0.29, 0.717) is 12.5 Å². The van der Waals surface area contributed by atoms with Crippen molar-refractivity contribution in [2.45, 2.75) is 79.3 Å². The van der Waals surface area contributed by atoms with Gasteiger partial charge in [-0.05, 0) is 17.8 Å². The van der Waals surface area contributed by atoms with Gasteiger partial charge in [0.1, 0.15) is 12.1 Å². The lowest BCUT2D eigenvalue weighted by Gasteiger charge is -2.44. The number of nitrogens with zero attached hydrogens (tertiary/aromatic N) is 1. The molecule has 2 amide bonds. The maximum absolute atomic E-state index is 12.9. The van der Waals surface area contributed by atoms with Gasteiger partial charge in [0, 0.05) is 6.54 Å². The van der Waals surface area contributed by atoms with Crippen LogP contribution in [0.15, 0.2) is 0 Å². The summed E-state index contributed by atoms with van der Waals surface area (Å²) >= 11 is 0. The first-order chi connectivity index (χ1) is 9.76. The molecule has 0 radical (unpaired) electrons. The van der Waals surface area contributed by atoms with Gasteiger partial charge in [-0.3, -0.25) is 9.59 Å². The Morgan fingerprint density at radius 1 is 1.14 bits per heavy atom. The molecule has 0 bridgehead atoms. The molecule has 0 saturated carbocycles. The lowest BCUT2D eigenvalue weighted by molar-refractivity contribution is -0.153. The Morgan fingerprint density at radius 3 is 2.14 bits per heavy atom. The van der Waals surface area contributed by atoms with Gasteiger partial charge < -0.3 is 10.2 Å². The van der Waals surface area contributed by atoms with Gasteiger partial charge in [0.15, 0.2) is 0 Å². The first-order valence-corrected chi connectivity index (χ1v) is 8.37. The molecule has 1 aliphatic heterocycles. The van der Waals surface area contributed by atoms with E-state index >= 15 is 0 Å². The number of carbonyl (C=O) groups is 2. The van der Waals surface area contributed by atoms with Gasteiger partial charge in [-0.15, -0.1) is 0 Å². The van der Waals surface area contributed by atoms with E-state index in [-0.39, 0.29) is 23.3 Å². The normalized spacial score (nSPS) is 23.7. The number of rotatable bonds is 6. The van der Waals surface area contributed by atoms with E-state index in [2.05, 4.69) is 26.1 Å². The third kappa shape index (κ3) is 4.21. The number of nitrogens with one attached hydrogen (secondary N) is 1. The van der Waals surface area contributed by atoms with Crippen LogP contribution in [0.5, 0.6) is 0 Å². The van der Waals surface area contributed by atoms with Crippen LogP contribution in [-0.2, 0) is 9.59 Å². The molecule has 1 saturated heterocycles. The van der Waals surface area contributed by atoms with Crippen molar-refractivity contribution in [3.8, 4) is 0 Å². The molecule has 0 aromatic carbocycles. The monoisotopic (exact) mass is 296 g/mol. The van der Waals surface area contributed by atoms with Crippen molar-refractivity contribution in [1.29, 1.82) is 0 Å². The zero-order valence-corrected chi connectivity index (χ0v) is 14.5. The van der Waals surface area contributed by atoms with Gasteiger partial charge in [0.05, 0.1) is 0 Å². The molecular formula is C17H32N2O2. The van der Waals surface area contributed by atoms with Crippen molar-refractivity contribution in [2.24, 2.45) is 11.3 Å². The summed E-state index contributed by atoms with van der Waals surface area (Å²) in [7, 11) is 0. The van der Waals surface area contributed by atoms with E-state index in [4.69, 9.17) is 0 Å². The van der Waals surface area contributed by atoms with Crippen LogP contribution in [0.3, 0.4) is 0 Å². The van der Waals surface area contributed by atoms with Crippen LogP contribution in [0, 0.1) is 11.3 Å². The molecule has 2 atom stereocenters. The Bertz CT molecular complexity index is 369. The van der Waals surface area contributed by atoms with E-state index < -0.39 is 6.04 Å². The molecule has 1 rings (SSSR count). The third-order valence-corrected chi connectivity index (χ3v) is 4.53. The molecule has 122 valence electrons. The van der Waals surface area contributed by atoms with Crippen molar-refractivity contribution in [3.63, 3.8) is 0 Å². The van der Waals surface area contributed by atoms with E-state index in [9.17, 15) is 9.59 Å². The van der Waals surface area contributed by atoms with Gasteiger partial charge in [-0.1, -0.05) is 60.8 Å². The highest BCUT2D eigenvalue weighted by Gasteiger charge is 2.44. The predicted molar refractivity (Wildman–Crippen MR) is 85.9 cm³/mol. The second kappa shape index (κ2) is 7.28. The van der Waals surface area contributed by atoms with Gasteiger partial charge in [0.2, 0.25) is 11.8 Å². The minimum Gasteiger partial charge on any atom is -0.342 e. The molecule has 4 heteroatoms. The smallest absolute Gasteiger partial charge is 0.246 e. The van der Waals surface area contributed by atoms with Gasteiger partial charge in [-0.2, -0.15) is 0 Å². The third-order valence-electron chi connectivity index (χ3n) is 4.53. The number of hydrogen-bond acceptors (Lipinski definition) is 2. The Morgan fingerprint density at radius 2 is 1.71 bits per heavy atom. The summed E-state index contributed by atoms with van der Waals surface area (Å²) in [5.74, 6) is 0.578. The minimum atomic E-state index is -0.410. The molecule has 1 N–H and O–H groups in total. The molecular weight excluding hydrogens is 264 g/mol. The molecule has 1 aliphatic rings. The van der Waals surface area contributed by atoms with Crippen LogP contribution < -0.4 is 5.32 Å². The summed E-state index contributed by atoms with van der Waals surface area (Å²) in [5.41, 5.74) is -0.254. The maximum atomic E-state index is 12.9. The second-order valence-corrected chi connectivity index (χ2v) is 7.29. The van der Waals surface area contributed by atoms with E-state index in [1.807, 2.05) is 25.7 Å². The van der Waals surface area contributed by atoms with E-state index in [1.165, 1.54) is 0 Å². The van der Waals surface area contributed by atoms with Crippen molar-refractivity contribution in [1.82, 2.24) is 10.2 Å². The van der Waals surface area contributed by atoms with Gasteiger partial charge >= 0.3 is 0 Å². The molecule has 1 fully saturated rings. The Balaban J connectivity index is 3.03. The summed E-state index contributed by atoms with van der Waals surface area (Å²) < 4.78 is 0. The van der Waals surface area contributed by atoms with Gasteiger partial charge in [-0.25, -0.2) is 0 Å². The molecule has 0 aromatic heterocycles. The maximum Gasteiger partial charge on any atom is 0.246 e. The van der Waals surface area contributed by atoms with Crippen LogP contribution in [-0.4, -0.2) is 35.3 Å². The molecule has 4 nitrogen and oxygen atoms in total. The average Bonchev–Trinajstić information content (AvgIpc) is 2.41. The van der Waals surface area contributed by atoms with Crippen LogP contribution >= 0.6 is 0 Å². The predicted octanol–water partition coefficient (Wildman–Crippen LogP) is 2.96. The minimum absolute atomic E-state index is 0.0160. The number of hydrogen-bond donors (Lipinski definition) is 1. The number of amides is 2. The molecule has 2 unspecified atom stereocenters. The van der Waals surface area contributed by atoms with Crippen LogP contribution in [0.4, 0.5) is 0 Å². The Hall–Kier alpha value is -1.06. The van der Waals surface area contributed by atoms with Crippen molar-refractivity contribution < 1.29 is 9.59 Å². The zero-order chi connectivity index (χ0) is 16.2. The molecule has 21 heavy (non-hydrogen) atoms. The van der Waals surface area contributed by atoms with E-state index in [1.54, 1.807) is 0 Å². The summed E-state index contributed by atoms with van der Waals surface area (Å²) in [4.78, 5) is 27.2. The van der Waals surface area contributed by atoms with E-state index in [0.717, 1.165) is 25.7 Å². The zero-order valence-electron chi connectivity index (χ0n) is 14.5. The highest BCUT2D eigenvalue weighted by molar-refractivity contribution is 5.97. The highest BCUT2D eigenvalue weighted by Crippen LogP contribution is 2.27. The van der Waals surface area contributed by atoms with Crippen LogP contribution in [0.25, 0.3) is 0 Å². The average molecular weight is 296 g/mol. The van der Waals surface area contributed by atoms with Gasteiger partial charge in [0.25, 0.3) is 0 Å². The quantitative estimate of drug-likeness (QED) is 0.819. The Labute approximate surface area is 129 Å². The molecule has 0 spiro atoms. The number of piperazine rings is 1. The first-order valence-electron chi connectivity index (χ1n) is 8.37. The van der Waals surface area contributed by atoms with Crippen molar-refractivity contribution in [2.75, 3.05) is 6.54 Å². The second-order valence-electron chi connectivity index (χ2n) is 7.29. The summed E-state index contributed by atoms with van der Waals surface area (Å²) in [6.45, 7) is 13.1.